The van der Waals surface area contributed by atoms with Crippen molar-refractivity contribution < 1.29 is 14.3 Å². The molecular weight excluding hydrogens is 364 g/mol. The molecule has 0 atom stereocenters. The first-order valence-corrected chi connectivity index (χ1v) is 9.43. The molecule has 27 heavy (non-hydrogen) atoms. The van der Waals surface area contributed by atoms with Crippen molar-refractivity contribution in [3.63, 3.8) is 0 Å². The molecule has 2 aromatic rings. The molecule has 3 rings (SSSR count). The smallest absolute Gasteiger partial charge is 0.260 e. The summed E-state index contributed by atoms with van der Waals surface area (Å²) in [5.74, 6) is 0.526. The van der Waals surface area contributed by atoms with Gasteiger partial charge >= 0.3 is 0 Å². The van der Waals surface area contributed by atoms with Crippen LogP contribution in [0, 0.1) is 6.92 Å². The Morgan fingerprint density at radius 1 is 1.15 bits per heavy atom. The molecule has 5 nitrogen and oxygen atoms in total. The molecule has 0 radical (unpaired) electrons. The minimum atomic E-state index is -0.134. The molecule has 0 aliphatic carbocycles. The highest BCUT2D eigenvalue weighted by Crippen LogP contribution is 2.15. The van der Waals surface area contributed by atoms with Gasteiger partial charge < -0.3 is 15.0 Å². The summed E-state index contributed by atoms with van der Waals surface area (Å²) in [5, 5.41) is 3.56. The summed E-state index contributed by atoms with van der Waals surface area (Å²) in [5.41, 5.74) is 1.70. The second kappa shape index (κ2) is 8.91. The number of piperidine rings is 1. The summed E-state index contributed by atoms with van der Waals surface area (Å²) < 4.78 is 5.56. The van der Waals surface area contributed by atoms with Crippen LogP contribution in [0.2, 0.25) is 5.02 Å². The van der Waals surface area contributed by atoms with E-state index in [1.807, 2.05) is 31.2 Å². The van der Waals surface area contributed by atoms with Gasteiger partial charge in [-0.05, 0) is 50.1 Å². The fourth-order valence-corrected chi connectivity index (χ4v) is 3.23. The molecule has 2 amide bonds. The Hall–Kier alpha value is -2.53. The van der Waals surface area contributed by atoms with Gasteiger partial charge in [-0.1, -0.05) is 35.4 Å². The van der Waals surface area contributed by atoms with Crippen LogP contribution in [0.15, 0.2) is 48.5 Å². The quantitative estimate of drug-likeness (QED) is 0.856. The summed E-state index contributed by atoms with van der Waals surface area (Å²) >= 11 is 5.93. The van der Waals surface area contributed by atoms with Crippen molar-refractivity contribution in [2.75, 3.05) is 19.7 Å². The predicted molar refractivity (Wildman–Crippen MR) is 105 cm³/mol. The van der Waals surface area contributed by atoms with E-state index in [1.165, 1.54) is 0 Å². The van der Waals surface area contributed by atoms with Crippen LogP contribution in [0.25, 0.3) is 0 Å². The highest BCUT2D eigenvalue weighted by molar-refractivity contribution is 6.30. The Kier molecular flexibility index (Phi) is 6.35. The maximum atomic E-state index is 12.3. The van der Waals surface area contributed by atoms with Crippen LogP contribution < -0.4 is 10.1 Å². The first kappa shape index (κ1) is 19.2. The lowest BCUT2D eigenvalue weighted by Gasteiger charge is -2.32. The molecule has 0 aromatic heterocycles. The molecule has 1 fully saturated rings. The van der Waals surface area contributed by atoms with Crippen LogP contribution in [0.4, 0.5) is 0 Å². The van der Waals surface area contributed by atoms with E-state index >= 15 is 0 Å². The first-order chi connectivity index (χ1) is 13.0. The number of carbonyl (C=O) groups is 2. The molecule has 0 spiro atoms. The summed E-state index contributed by atoms with van der Waals surface area (Å²) in [7, 11) is 0. The minimum absolute atomic E-state index is 0.0304. The average Bonchev–Trinajstić information content (AvgIpc) is 2.68. The van der Waals surface area contributed by atoms with Crippen LogP contribution in [-0.2, 0) is 4.79 Å². The third-order valence-electron chi connectivity index (χ3n) is 4.65. The predicted octanol–water partition coefficient (Wildman–Crippen LogP) is 3.45. The highest BCUT2D eigenvalue weighted by Gasteiger charge is 2.24. The van der Waals surface area contributed by atoms with E-state index in [4.69, 9.17) is 16.3 Å². The minimum Gasteiger partial charge on any atom is -0.484 e. The topological polar surface area (TPSA) is 58.6 Å². The van der Waals surface area contributed by atoms with Gasteiger partial charge in [-0.2, -0.15) is 0 Å². The number of ether oxygens (including phenoxy) is 1. The van der Waals surface area contributed by atoms with Crippen LogP contribution >= 0.6 is 11.6 Å². The number of carbonyl (C=O) groups excluding carboxylic acids is 2. The van der Waals surface area contributed by atoms with E-state index in [-0.39, 0.29) is 24.5 Å². The Morgan fingerprint density at radius 2 is 1.85 bits per heavy atom. The fourth-order valence-electron chi connectivity index (χ4n) is 3.04. The number of halogens is 1. The maximum absolute atomic E-state index is 12.3. The van der Waals surface area contributed by atoms with Crippen LogP contribution in [0.3, 0.4) is 0 Å². The summed E-state index contributed by atoms with van der Waals surface area (Å²) in [6.45, 7) is 3.25. The van der Waals surface area contributed by atoms with Crippen molar-refractivity contribution in [3.8, 4) is 5.75 Å². The highest BCUT2D eigenvalue weighted by atomic mass is 35.5. The molecule has 0 saturated carbocycles. The SMILES string of the molecule is Cc1ccc(OCC(=O)N2CCC(NC(=O)c3cccc(Cl)c3)CC2)cc1. The second-order valence-electron chi connectivity index (χ2n) is 6.74. The zero-order valence-electron chi connectivity index (χ0n) is 15.3. The van der Waals surface area contributed by atoms with Gasteiger partial charge in [-0.3, -0.25) is 9.59 Å². The number of hydrogen-bond acceptors (Lipinski definition) is 3. The lowest BCUT2D eigenvalue weighted by molar-refractivity contribution is -0.134. The number of benzene rings is 2. The van der Waals surface area contributed by atoms with Gasteiger partial charge in [0.25, 0.3) is 11.8 Å². The monoisotopic (exact) mass is 386 g/mol. The van der Waals surface area contributed by atoms with Gasteiger partial charge in [0, 0.05) is 29.7 Å². The van der Waals surface area contributed by atoms with E-state index in [9.17, 15) is 9.59 Å². The summed E-state index contributed by atoms with van der Waals surface area (Å²) in [6.07, 6.45) is 1.45. The maximum Gasteiger partial charge on any atom is 0.260 e. The molecular formula is C21H23ClN2O3. The van der Waals surface area contributed by atoms with Crippen molar-refractivity contribution in [2.24, 2.45) is 0 Å². The van der Waals surface area contributed by atoms with E-state index < -0.39 is 0 Å². The van der Waals surface area contributed by atoms with Gasteiger partial charge in [0.15, 0.2) is 6.61 Å². The Morgan fingerprint density at radius 3 is 2.52 bits per heavy atom. The number of aryl methyl sites for hydroxylation is 1. The van der Waals surface area contributed by atoms with Crippen LogP contribution in [0.5, 0.6) is 5.75 Å². The Labute approximate surface area is 164 Å². The van der Waals surface area contributed by atoms with E-state index in [0.717, 1.165) is 18.4 Å². The summed E-state index contributed by atoms with van der Waals surface area (Å²) in [6, 6.07) is 14.6. The molecule has 2 aromatic carbocycles. The first-order valence-electron chi connectivity index (χ1n) is 9.05. The number of rotatable bonds is 5. The largest absolute Gasteiger partial charge is 0.484 e. The van der Waals surface area contributed by atoms with E-state index in [0.29, 0.717) is 29.4 Å². The number of hydrogen-bond donors (Lipinski definition) is 1. The van der Waals surface area contributed by atoms with E-state index in [2.05, 4.69) is 5.32 Å². The van der Waals surface area contributed by atoms with Crippen molar-refractivity contribution in [3.05, 3.63) is 64.7 Å². The molecule has 1 aliphatic rings. The molecule has 0 bridgehead atoms. The average molecular weight is 387 g/mol. The van der Waals surface area contributed by atoms with Gasteiger partial charge in [0.05, 0.1) is 0 Å². The van der Waals surface area contributed by atoms with Crippen molar-refractivity contribution in [2.45, 2.75) is 25.8 Å². The third kappa shape index (κ3) is 5.47. The normalized spacial score (nSPS) is 14.7. The van der Waals surface area contributed by atoms with Gasteiger partial charge in [-0.15, -0.1) is 0 Å². The molecule has 6 heteroatoms. The molecule has 1 heterocycles. The third-order valence-corrected chi connectivity index (χ3v) is 4.89. The van der Waals surface area contributed by atoms with E-state index in [1.54, 1.807) is 29.2 Å². The van der Waals surface area contributed by atoms with Crippen molar-refractivity contribution in [1.82, 2.24) is 10.2 Å². The van der Waals surface area contributed by atoms with Crippen molar-refractivity contribution in [1.29, 1.82) is 0 Å². The van der Waals surface area contributed by atoms with Gasteiger partial charge in [0.2, 0.25) is 0 Å². The number of amides is 2. The lowest BCUT2D eigenvalue weighted by Crippen LogP contribution is -2.47. The molecule has 1 N–H and O–H groups in total. The lowest BCUT2D eigenvalue weighted by atomic mass is 10.0. The number of likely N-dealkylation sites (tertiary alicyclic amines) is 1. The van der Waals surface area contributed by atoms with Crippen molar-refractivity contribution >= 4 is 23.4 Å². The molecule has 0 unspecified atom stereocenters. The summed E-state index contributed by atoms with van der Waals surface area (Å²) in [4.78, 5) is 26.4. The zero-order chi connectivity index (χ0) is 19.2. The fraction of sp³-hybridized carbons (Fsp3) is 0.333. The Bertz CT molecular complexity index is 799. The van der Waals surface area contributed by atoms with Gasteiger partial charge in [0.1, 0.15) is 5.75 Å². The standard InChI is InChI=1S/C21H23ClN2O3/c1-15-5-7-19(8-6-15)27-14-20(25)24-11-9-18(10-12-24)23-21(26)16-3-2-4-17(22)13-16/h2-8,13,18H,9-12,14H2,1H3,(H,23,26). The second-order valence-corrected chi connectivity index (χ2v) is 7.18. The number of nitrogens with one attached hydrogen (secondary N) is 1. The number of nitrogens with zero attached hydrogens (tertiary/aromatic N) is 1. The molecule has 1 saturated heterocycles. The Balaban J connectivity index is 1.43. The van der Waals surface area contributed by atoms with Crippen LogP contribution in [0.1, 0.15) is 28.8 Å². The molecule has 142 valence electrons. The van der Waals surface area contributed by atoms with Gasteiger partial charge in [-0.25, -0.2) is 0 Å². The zero-order valence-corrected chi connectivity index (χ0v) is 16.0. The molecule has 1 aliphatic heterocycles. The van der Waals surface area contributed by atoms with Crippen LogP contribution in [-0.4, -0.2) is 42.5 Å².